The molecule has 120 valence electrons. The highest BCUT2D eigenvalue weighted by atomic mass is 16.1. The molecule has 1 aliphatic rings. The molecule has 0 N–H and O–H groups in total. The second-order valence-electron chi connectivity index (χ2n) is 6.57. The molecule has 23 heavy (non-hydrogen) atoms. The number of aryl methyl sites for hydroxylation is 3. The lowest BCUT2D eigenvalue weighted by molar-refractivity contribution is 0.101. The minimum Gasteiger partial charge on any atom is -0.383 e. The normalized spacial score (nSPS) is 15.8. The van der Waals surface area contributed by atoms with Crippen LogP contribution in [0.3, 0.4) is 0 Å². The third-order valence-electron chi connectivity index (χ3n) is 4.34. The van der Waals surface area contributed by atoms with Crippen LogP contribution in [0.4, 0.5) is 0 Å². The third-order valence-corrected chi connectivity index (χ3v) is 4.34. The Morgan fingerprint density at radius 1 is 1.22 bits per heavy atom. The van der Waals surface area contributed by atoms with E-state index in [1.807, 2.05) is 36.1 Å². The van der Waals surface area contributed by atoms with E-state index in [-0.39, 0.29) is 5.78 Å². The largest absolute Gasteiger partial charge is 0.383 e. The number of allylic oxidation sites excluding steroid dienone is 1. The summed E-state index contributed by atoms with van der Waals surface area (Å²) in [5, 5.41) is 4.54. The maximum atomic E-state index is 12.5. The molecule has 0 bridgehead atoms. The standard InChI is InChI=1S/C19H23N3O/c1-13-5-6-15(9-14(13)2)10-22-12-16-7-8-17(11-21(3)4)19(23)18(16)20-22/h5-6,9,11-12H,7-8,10H2,1-4H3/b17-11-. The van der Waals surface area contributed by atoms with Gasteiger partial charge in [0.1, 0.15) is 5.69 Å². The maximum absolute atomic E-state index is 12.5. The number of hydrogen-bond donors (Lipinski definition) is 0. The number of benzene rings is 1. The summed E-state index contributed by atoms with van der Waals surface area (Å²) in [5.74, 6) is 0.0683. The van der Waals surface area contributed by atoms with Crippen LogP contribution >= 0.6 is 0 Å². The predicted molar refractivity (Wildman–Crippen MR) is 91.7 cm³/mol. The van der Waals surface area contributed by atoms with Gasteiger partial charge in [0.05, 0.1) is 6.54 Å². The van der Waals surface area contributed by atoms with E-state index in [2.05, 4.69) is 37.1 Å². The lowest BCUT2D eigenvalue weighted by Gasteiger charge is -2.14. The minimum atomic E-state index is 0.0683. The molecule has 0 spiro atoms. The quantitative estimate of drug-likeness (QED) is 0.818. The van der Waals surface area contributed by atoms with Gasteiger partial charge in [-0.25, -0.2) is 0 Å². The van der Waals surface area contributed by atoms with Crippen molar-refractivity contribution in [1.29, 1.82) is 0 Å². The first kappa shape index (κ1) is 15.5. The van der Waals surface area contributed by atoms with E-state index in [9.17, 15) is 4.79 Å². The molecule has 0 amide bonds. The number of rotatable bonds is 3. The van der Waals surface area contributed by atoms with Crippen LogP contribution in [-0.2, 0) is 13.0 Å². The van der Waals surface area contributed by atoms with Gasteiger partial charge >= 0.3 is 0 Å². The molecule has 1 aromatic carbocycles. The summed E-state index contributed by atoms with van der Waals surface area (Å²) >= 11 is 0. The highest BCUT2D eigenvalue weighted by molar-refractivity contribution is 6.09. The van der Waals surface area contributed by atoms with Gasteiger partial charge in [-0.15, -0.1) is 0 Å². The van der Waals surface area contributed by atoms with E-state index in [4.69, 9.17) is 0 Å². The number of fused-ring (bicyclic) bond motifs is 1. The Morgan fingerprint density at radius 2 is 2.00 bits per heavy atom. The first-order chi connectivity index (χ1) is 10.9. The Morgan fingerprint density at radius 3 is 2.70 bits per heavy atom. The van der Waals surface area contributed by atoms with Crippen molar-refractivity contribution in [2.75, 3.05) is 14.1 Å². The molecule has 0 aliphatic heterocycles. The molecule has 0 radical (unpaired) electrons. The third kappa shape index (κ3) is 3.21. The fraction of sp³-hybridized carbons (Fsp3) is 0.368. The molecule has 1 heterocycles. The Kier molecular flexibility index (Phi) is 4.07. The van der Waals surface area contributed by atoms with Crippen LogP contribution in [0.5, 0.6) is 0 Å². The van der Waals surface area contributed by atoms with Gasteiger partial charge in [-0.1, -0.05) is 18.2 Å². The van der Waals surface area contributed by atoms with E-state index in [0.29, 0.717) is 12.2 Å². The number of hydrogen-bond acceptors (Lipinski definition) is 3. The van der Waals surface area contributed by atoms with Crippen molar-refractivity contribution in [2.24, 2.45) is 0 Å². The Hall–Kier alpha value is -2.36. The molecule has 0 saturated carbocycles. The SMILES string of the molecule is Cc1ccc(Cn2cc3c(n2)C(=O)/C(=C\N(C)C)CC3)cc1C. The van der Waals surface area contributed by atoms with Crippen molar-refractivity contribution in [3.8, 4) is 0 Å². The van der Waals surface area contributed by atoms with Crippen molar-refractivity contribution >= 4 is 5.78 Å². The Labute approximate surface area is 137 Å². The molecule has 1 aromatic heterocycles. The highest BCUT2D eigenvalue weighted by Gasteiger charge is 2.25. The zero-order valence-corrected chi connectivity index (χ0v) is 14.3. The summed E-state index contributed by atoms with van der Waals surface area (Å²) in [7, 11) is 3.88. The number of aromatic nitrogens is 2. The van der Waals surface area contributed by atoms with Gasteiger partial charge in [0.2, 0.25) is 5.78 Å². The summed E-state index contributed by atoms with van der Waals surface area (Å²) < 4.78 is 1.89. The molecule has 1 aliphatic carbocycles. The second-order valence-corrected chi connectivity index (χ2v) is 6.57. The number of ketones is 1. The van der Waals surface area contributed by atoms with Crippen LogP contribution in [0.2, 0.25) is 0 Å². The van der Waals surface area contributed by atoms with Crippen molar-refractivity contribution in [3.05, 3.63) is 64.1 Å². The van der Waals surface area contributed by atoms with Crippen molar-refractivity contribution < 1.29 is 4.79 Å². The summed E-state index contributed by atoms with van der Waals surface area (Å²) in [6, 6.07) is 6.45. The van der Waals surface area contributed by atoms with Crippen LogP contribution in [0, 0.1) is 13.8 Å². The highest BCUT2D eigenvalue weighted by Crippen LogP contribution is 2.24. The number of carbonyl (C=O) groups is 1. The number of Topliss-reactive ketones (excluding diaryl/α,β-unsaturated/α-hetero) is 1. The average molecular weight is 309 g/mol. The molecule has 0 saturated heterocycles. The molecule has 2 aromatic rings. The fourth-order valence-electron chi connectivity index (χ4n) is 2.98. The summed E-state index contributed by atoms with van der Waals surface area (Å²) in [5.41, 5.74) is 6.32. The van der Waals surface area contributed by atoms with Gasteiger partial charge in [-0.05, 0) is 43.4 Å². The topological polar surface area (TPSA) is 38.1 Å². The van der Waals surface area contributed by atoms with Crippen molar-refractivity contribution in [1.82, 2.24) is 14.7 Å². The summed E-state index contributed by atoms with van der Waals surface area (Å²) in [6.07, 6.45) is 5.61. The Bertz CT molecular complexity index is 784. The van der Waals surface area contributed by atoms with Gasteiger partial charge < -0.3 is 4.90 Å². The van der Waals surface area contributed by atoms with Gasteiger partial charge in [0.25, 0.3) is 0 Å². The monoisotopic (exact) mass is 309 g/mol. The molecular weight excluding hydrogens is 286 g/mol. The molecule has 0 atom stereocenters. The predicted octanol–water partition coefficient (Wildman–Crippen LogP) is 3.12. The van der Waals surface area contributed by atoms with Crippen LogP contribution < -0.4 is 0 Å². The first-order valence-electron chi connectivity index (χ1n) is 7.98. The smallest absolute Gasteiger partial charge is 0.210 e. The van der Waals surface area contributed by atoms with E-state index in [1.54, 1.807) is 0 Å². The zero-order valence-electron chi connectivity index (χ0n) is 14.3. The molecule has 4 nitrogen and oxygen atoms in total. The molecule has 0 fully saturated rings. The van der Waals surface area contributed by atoms with Gasteiger partial charge in [-0.2, -0.15) is 5.10 Å². The molecular formula is C19H23N3O. The van der Waals surface area contributed by atoms with Gasteiger partial charge in [0, 0.05) is 37.6 Å². The molecule has 4 heteroatoms. The number of nitrogens with zero attached hydrogens (tertiary/aromatic N) is 3. The summed E-state index contributed by atoms with van der Waals surface area (Å²) in [6.45, 7) is 4.94. The van der Waals surface area contributed by atoms with Crippen LogP contribution in [0.1, 0.15) is 39.2 Å². The van der Waals surface area contributed by atoms with Crippen molar-refractivity contribution in [2.45, 2.75) is 33.2 Å². The lowest BCUT2D eigenvalue weighted by Crippen LogP contribution is -2.16. The zero-order chi connectivity index (χ0) is 16.6. The number of carbonyl (C=O) groups excluding carboxylic acids is 1. The van der Waals surface area contributed by atoms with E-state index >= 15 is 0 Å². The van der Waals surface area contributed by atoms with E-state index < -0.39 is 0 Å². The summed E-state index contributed by atoms with van der Waals surface area (Å²) in [4.78, 5) is 14.5. The molecule has 3 rings (SSSR count). The first-order valence-corrected chi connectivity index (χ1v) is 7.98. The van der Waals surface area contributed by atoms with E-state index in [0.717, 1.165) is 24.0 Å². The van der Waals surface area contributed by atoms with Crippen LogP contribution in [0.15, 0.2) is 36.2 Å². The lowest BCUT2D eigenvalue weighted by atomic mass is 9.92. The van der Waals surface area contributed by atoms with E-state index in [1.165, 1.54) is 16.7 Å². The Balaban J connectivity index is 1.85. The van der Waals surface area contributed by atoms with Crippen molar-refractivity contribution in [3.63, 3.8) is 0 Å². The maximum Gasteiger partial charge on any atom is 0.210 e. The minimum absolute atomic E-state index is 0.0683. The van der Waals surface area contributed by atoms with Gasteiger partial charge in [-0.3, -0.25) is 9.48 Å². The fourth-order valence-corrected chi connectivity index (χ4v) is 2.98. The average Bonchev–Trinajstić information content (AvgIpc) is 2.89. The molecule has 0 unspecified atom stereocenters. The second kappa shape index (κ2) is 6.03. The van der Waals surface area contributed by atoms with Gasteiger partial charge in [0.15, 0.2) is 0 Å². The van der Waals surface area contributed by atoms with Crippen LogP contribution in [0.25, 0.3) is 0 Å². The van der Waals surface area contributed by atoms with Crippen LogP contribution in [-0.4, -0.2) is 34.6 Å².